The Hall–Kier alpha value is 0.110. The van der Waals surface area contributed by atoms with Crippen LogP contribution in [0.1, 0.15) is 24.1 Å². The van der Waals surface area contributed by atoms with Crippen molar-refractivity contribution in [1.29, 1.82) is 0 Å². The summed E-state index contributed by atoms with van der Waals surface area (Å²) < 4.78 is 0. The molecular weight excluding hydrogens is 234 g/mol. The van der Waals surface area contributed by atoms with Crippen LogP contribution in [0.25, 0.3) is 0 Å². The fourth-order valence-corrected chi connectivity index (χ4v) is 3.29. The van der Waals surface area contributed by atoms with Crippen LogP contribution >= 0.6 is 27.3 Å². The largest absolute Gasteiger partial charge is 0.253 e. The van der Waals surface area contributed by atoms with E-state index in [-0.39, 0.29) is 0 Å². The Morgan fingerprint density at radius 2 is 2.50 bits per heavy atom. The van der Waals surface area contributed by atoms with Gasteiger partial charge in [-0.2, -0.15) is 0 Å². The lowest BCUT2D eigenvalue weighted by Gasteiger charge is -2.11. The summed E-state index contributed by atoms with van der Waals surface area (Å²) in [5.74, 6) is 0.852. The van der Waals surface area contributed by atoms with Gasteiger partial charge in [0.15, 0.2) is 0 Å². The highest BCUT2D eigenvalue weighted by atomic mass is 79.9. The number of rotatable bonds is 2. The van der Waals surface area contributed by atoms with Crippen molar-refractivity contribution < 1.29 is 0 Å². The summed E-state index contributed by atoms with van der Waals surface area (Å²) >= 11 is 5.51. The molecule has 2 atom stereocenters. The second kappa shape index (κ2) is 3.88. The minimum Gasteiger partial charge on any atom is -0.253 e. The molecule has 66 valence electrons. The monoisotopic (exact) mass is 245 g/mol. The van der Waals surface area contributed by atoms with Gasteiger partial charge in [0, 0.05) is 15.9 Å². The zero-order valence-electron chi connectivity index (χ0n) is 6.87. The molecule has 3 heteroatoms. The molecule has 0 radical (unpaired) electrons. The van der Waals surface area contributed by atoms with Gasteiger partial charge in [-0.15, -0.1) is 11.3 Å². The van der Waals surface area contributed by atoms with Crippen molar-refractivity contribution in [3.05, 3.63) is 16.6 Å². The minimum absolute atomic E-state index is 0.750. The number of halogens is 1. The highest BCUT2D eigenvalue weighted by Crippen LogP contribution is 2.34. The molecule has 1 fully saturated rings. The number of hydrogen-bond acceptors (Lipinski definition) is 2. The van der Waals surface area contributed by atoms with E-state index in [1.807, 2.05) is 11.7 Å². The van der Waals surface area contributed by atoms with Crippen molar-refractivity contribution >= 4 is 27.3 Å². The lowest BCUT2D eigenvalue weighted by atomic mass is 10.0. The number of alkyl halides is 1. The fourth-order valence-electron chi connectivity index (χ4n) is 1.82. The number of aromatic nitrogens is 1. The standard InChI is InChI=1S/C9H12BrNS/c10-9-3-1-2-7(9)4-8-5-11-6-12-8/h5-7,9H,1-4H2. The van der Waals surface area contributed by atoms with Gasteiger partial charge in [0.05, 0.1) is 5.51 Å². The first kappa shape index (κ1) is 8.70. The van der Waals surface area contributed by atoms with Crippen LogP contribution in [0.3, 0.4) is 0 Å². The van der Waals surface area contributed by atoms with Crippen molar-refractivity contribution in [3.8, 4) is 0 Å². The van der Waals surface area contributed by atoms with E-state index in [0.29, 0.717) is 0 Å². The predicted molar refractivity (Wildman–Crippen MR) is 55.9 cm³/mol. The van der Waals surface area contributed by atoms with E-state index in [0.717, 1.165) is 10.7 Å². The molecule has 1 heterocycles. The second-order valence-electron chi connectivity index (χ2n) is 3.38. The van der Waals surface area contributed by atoms with E-state index in [1.165, 1.54) is 30.6 Å². The van der Waals surface area contributed by atoms with Crippen LogP contribution in [0.15, 0.2) is 11.7 Å². The lowest BCUT2D eigenvalue weighted by molar-refractivity contribution is 0.567. The quantitative estimate of drug-likeness (QED) is 0.730. The fraction of sp³-hybridized carbons (Fsp3) is 0.667. The van der Waals surface area contributed by atoms with Gasteiger partial charge < -0.3 is 0 Å². The third-order valence-corrected chi connectivity index (χ3v) is 4.52. The second-order valence-corrected chi connectivity index (χ2v) is 5.53. The maximum atomic E-state index is 4.09. The normalized spacial score (nSPS) is 29.4. The number of nitrogens with zero attached hydrogens (tertiary/aromatic N) is 1. The van der Waals surface area contributed by atoms with Gasteiger partial charge in [0.2, 0.25) is 0 Å². The van der Waals surface area contributed by atoms with E-state index in [1.54, 1.807) is 11.3 Å². The average Bonchev–Trinajstić information content (AvgIpc) is 2.65. The molecule has 2 unspecified atom stereocenters. The van der Waals surface area contributed by atoms with Crippen molar-refractivity contribution in [2.75, 3.05) is 0 Å². The summed E-state index contributed by atoms with van der Waals surface area (Å²) in [5, 5.41) is 0. The molecule has 0 spiro atoms. The summed E-state index contributed by atoms with van der Waals surface area (Å²) in [5.41, 5.74) is 1.92. The molecule has 0 aliphatic heterocycles. The van der Waals surface area contributed by atoms with Crippen LogP contribution < -0.4 is 0 Å². The van der Waals surface area contributed by atoms with Crippen LogP contribution in [-0.2, 0) is 6.42 Å². The molecule has 0 amide bonds. The van der Waals surface area contributed by atoms with Gasteiger partial charge in [-0.3, -0.25) is 4.98 Å². The Balaban J connectivity index is 1.95. The van der Waals surface area contributed by atoms with Crippen LogP contribution in [0.4, 0.5) is 0 Å². The minimum atomic E-state index is 0.750. The number of thiazole rings is 1. The summed E-state index contributed by atoms with van der Waals surface area (Å²) in [6.07, 6.45) is 7.35. The Labute approximate surface area is 85.3 Å². The van der Waals surface area contributed by atoms with Gasteiger partial charge in [-0.05, 0) is 25.2 Å². The molecule has 0 N–H and O–H groups in total. The highest BCUT2D eigenvalue weighted by molar-refractivity contribution is 9.09. The highest BCUT2D eigenvalue weighted by Gasteiger charge is 2.24. The first-order valence-corrected chi connectivity index (χ1v) is 6.17. The van der Waals surface area contributed by atoms with E-state index in [2.05, 4.69) is 20.9 Å². The van der Waals surface area contributed by atoms with Gasteiger partial charge in [-0.1, -0.05) is 22.4 Å². The molecule has 1 aromatic rings. The Morgan fingerprint density at radius 3 is 3.08 bits per heavy atom. The van der Waals surface area contributed by atoms with Crippen LogP contribution in [0.2, 0.25) is 0 Å². The van der Waals surface area contributed by atoms with E-state index >= 15 is 0 Å². The van der Waals surface area contributed by atoms with Crippen LogP contribution in [0.5, 0.6) is 0 Å². The topological polar surface area (TPSA) is 12.9 Å². The molecular formula is C9H12BrNS. The smallest absolute Gasteiger partial charge is 0.0794 e. The molecule has 2 rings (SSSR count). The molecule has 1 aliphatic carbocycles. The number of hydrogen-bond donors (Lipinski definition) is 0. The van der Waals surface area contributed by atoms with E-state index < -0.39 is 0 Å². The Kier molecular flexibility index (Phi) is 2.81. The van der Waals surface area contributed by atoms with E-state index in [9.17, 15) is 0 Å². The molecule has 0 saturated heterocycles. The first-order chi connectivity index (χ1) is 5.86. The lowest BCUT2D eigenvalue weighted by Crippen LogP contribution is -2.08. The summed E-state index contributed by atoms with van der Waals surface area (Å²) in [6.45, 7) is 0. The molecule has 1 aliphatic rings. The maximum Gasteiger partial charge on any atom is 0.0794 e. The van der Waals surface area contributed by atoms with Crippen molar-refractivity contribution in [2.24, 2.45) is 5.92 Å². The molecule has 1 aromatic heterocycles. The maximum absolute atomic E-state index is 4.09. The predicted octanol–water partition coefficient (Wildman–Crippen LogP) is 3.25. The Morgan fingerprint density at radius 1 is 1.58 bits per heavy atom. The van der Waals surface area contributed by atoms with Crippen molar-refractivity contribution in [3.63, 3.8) is 0 Å². The summed E-state index contributed by atoms with van der Waals surface area (Å²) in [4.78, 5) is 6.28. The summed E-state index contributed by atoms with van der Waals surface area (Å²) in [7, 11) is 0. The molecule has 12 heavy (non-hydrogen) atoms. The summed E-state index contributed by atoms with van der Waals surface area (Å²) in [6, 6.07) is 0. The SMILES string of the molecule is BrC1CCCC1Cc1cncs1. The van der Waals surface area contributed by atoms with Crippen LogP contribution in [-0.4, -0.2) is 9.81 Å². The molecule has 0 bridgehead atoms. The Bertz CT molecular complexity index is 235. The first-order valence-electron chi connectivity index (χ1n) is 4.37. The zero-order chi connectivity index (χ0) is 8.39. The third-order valence-electron chi connectivity index (χ3n) is 2.51. The van der Waals surface area contributed by atoms with Gasteiger partial charge in [0.1, 0.15) is 0 Å². The average molecular weight is 246 g/mol. The zero-order valence-corrected chi connectivity index (χ0v) is 9.27. The van der Waals surface area contributed by atoms with Crippen molar-refractivity contribution in [2.45, 2.75) is 30.5 Å². The van der Waals surface area contributed by atoms with Gasteiger partial charge in [-0.25, -0.2) is 0 Å². The van der Waals surface area contributed by atoms with Gasteiger partial charge >= 0.3 is 0 Å². The third kappa shape index (κ3) is 1.88. The van der Waals surface area contributed by atoms with Crippen LogP contribution in [0, 0.1) is 5.92 Å². The van der Waals surface area contributed by atoms with E-state index in [4.69, 9.17) is 0 Å². The van der Waals surface area contributed by atoms with Gasteiger partial charge in [0.25, 0.3) is 0 Å². The molecule has 0 aromatic carbocycles. The molecule has 1 nitrogen and oxygen atoms in total. The van der Waals surface area contributed by atoms with Crippen molar-refractivity contribution in [1.82, 2.24) is 4.98 Å². The molecule has 1 saturated carbocycles.